The lowest BCUT2D eigenvalue weighted by Crippen LogP contribution is -2.49. The van der Waals surface area contributed by atoms with Crippen molar-refractivity contribution in [3.63, 3.8) is 0 Å². The third-order valence-corrected chi connectivity index (χ3v) is 4.29. The molecule has 1 saturated carbocycles. The van der Waals surface area contributed by atoms with E-state index in [4.69, 9.17) is 4.74 Å². The molecule has 0 radical (unpaired) electrons. The first kappa shape index (κ1) is 14.5. The van der Waals surface area contributed by atoms with Gasteiger partial charge in [0.2, 0.25) is 0 Å². The second-order valence-electron chi connectivity index (χ2n) is 5.75. The number of nitrogens with one attached hydrogen (secondary N) is 1. The number of ether oxygens (including phenoxy) is 1. The SMILES string of the molecule is CCCC1CC(CNCCOC)(c2ccncc2)C1. The van der Waals surface area contributed by atoms with Crippen LogP contribution in [0, 0.1) is 5.92 Å². The molecule has 19 heavy (non-hydrogen) atoms. The van der Waals surface area contributed by atoms with Gasteiger partial charge in [0.1, 0.15) is 0 Å². The lowest BCUT2D eigenvalue weighted by atomic mass is 9.57. The van der Waals surface area contributed by atoms with Gasteiger partial charge in [0.15, 0.2) is 0 Å². The van der Waals surface area contributed by atoms with Crippen LogP contribution in [0.3, 0.4) is 0 Å². The van der Waals surface area contributed by atoms with Crippen molar-refractivity contribution >= 4 is 0 Å². The minimum atomic E-state index is 0.330. The molecule has 1 aliphatic rings. The summed E-state index contributed by atoms with van der Waals surface area (Å²) in [6.07, 6.45) is 9.12. The highest BCUT2D eigenvalue weighted by molar-refractivity contribution is 5.27. The number of hydrogen-bond acceptors (Lipinski definition) is 3. The summed E-state index contributed by atoms with van der Waals surface area (Å²) in [6, 6.07) is 4.36. The van der Waals surface area contributed by atoms with Gasteiger partial charge in [-0.1, -0.05) is 19.8 Å². The van der Waals surface area contributed by atoms with E-state index < -0.39 is 0 Å². The first-order valence-corrected chi connectivity index (χ1v) is 7.41. The molecule has 0 bridgehead atoms. The van der Waals surface area contributed by atoms with Crippen molar-refractivity contribution in [2.24, 2.45) is 5.92 Å². The fourth-order valence-electron chi connectivity index (χ4n) is 3.35. The standard InChI is InChI=1S/C16H26N2O/c1-3-4-14-11-16(12-14,13-18-9-10-19-2)15-5-7-17-8-6-15/h5-8,14,18H,3-4,9-13H2,1-2H3. The highest BCUT2D eigenvalue weighted by Crippen LogP contribution is 2.49. The normalized spacial score (nSPS) is 26.1. The van der Waals surface area contributed by atoms with E-state index in [0.717, 1.165) is 25.6 Å². The number of pyridine rings is 1. The molecule has 0 spiro atoms. The Bertz CT molecular complexity index is 360. The molecule has 1 aromatic rings. The fourth-order valence-corrected chi connectivity index (χ4v) is 3.35. The average Bonchev–Trinajstić information content (AvgIpc) is 2.41. The maximum Gasteiger partial charge on any atom is 0.0587 e. The van der Waals surface area contributed by atoms with Crippen LogP contribution in [0.25, 0.3) is 0 Å². The summed E-state index contributed by atoms with van der Waals surface area (Å²) < 4.78 is 5.10. The van der Waals surface area contributed by atoms with Crippen LogP contribution in [-0.2, 0) is 10.2 Å². The van der Waals surface area contributed by atoms with Gasteiger partial charge in [-0.3, -0.25) is 4.98 Å². The van der Waals surface area contributed by atoms with Crippen molar-refractivity contribution in [3.05, 3.63) is 30.1 Å². The van der Waals surface area contributed by atoms with Crippen molar-refractivity contribution in [1.29, 1.82) is 0 Å². The van der Waals surface area contributed by atoms with Gasteiger partial charge < -0.3 is 10.1 Å². The molecule has 0 unspecified atom stereocenters. The van der Waals surface area contributed by atoms with E-state index in [0.29, 0.717) is 5.41 Å². The lowest BCUT2D eigenvalue weighted by Gasteiger charge is -2.49. The first-order valence-electron chi connectivity index (χ1n) is 7.41. The van der Waals surface area contributed by atoms with Gasteiger partial charge in [-0.2, -0.15) is 0 Å². The molecule has 1 fully saturated rings. The summed E-state index contributed by atoms with van der Waals surface area (Å²) in [4.78, 5) is 4.14. The second-order valence-corrected chi connectivity index (χ2v) is 5.75. The zero-order valence-corrected chi connectivity index (χ0v) is 12.2. The minimum Gasteiger partial charge on any atom is -0.383 e. The van der Waals surface area contributed by atoms with Gasteiger partial charge in [-0.05, 0) is 36.5 Å². The van der Waals surface area contributed by atoms with Crippen LogP contribution in [0.15, 0.2) is 24.5 Å². The van der Waals surface area contributed by atoms with Gasteiger partial charge in [-0.15, -0.1) is 0 Å². The Morgan fingerprint density at radius 1 is 1.37 bits per heavy atom. The molecule has 3 nitrogen and oxygen atoms in total. The van der Waals surface area contributed by atoms with Crippen LogP contribution < -0.4 is 5.32 Å². The van der Waals surface area contributed by atoms with Gasteiger partial charge >= 0.3 is 0 Å². The smallest absolute Gasteiger partial charge is 0.0587 e. The van der Waals surface area contributed by atoms with E-state index in [2.05, 4.69) is 29.4 Å². The average molecular weight is 262 g/mol. The molecular formula is C16H26N2O. The third-order valence-electron chi connectivity index (χ3n) is 4.29. The van der Waals surface area contributed by atoms with Crippen molar-refractivity contribution in [2.45, 2.75) is 38.0 Å². The Morgan fingerprint density at radius 3 is 2.74 bits per heavy atom. The molecule has 0 aliphatic heterocycles. The lowest BCUT2D eigenvalue weighted by molar-refractivity contribution is 0.123. The highest BCUT2D eigenvalue weighted by Gasteiger charge is 2.44. The highest BCUT2D eigenvalue weighted by atomic mass is 16.5. The Hall–Kier alpha value is -0.930. The van der Waals surface area contributed by atoms with Crippen LogP contribution in [-0.4, -0.2) is 31.8 Å². The fraction of sp³-hybridized carbons (Fsp3) is 0.688. The summed E-state index contributed by atoms with van der Waals surface area (Å²) in [7, 11) is 1.75. The molecule has 1 N–H and O–H groups in total. The Balaban J connectivity index is 1.95. The predicted octanol–water partition coefficient (Wildman–Crippen LogP) is 2.77. The predicted molar refractivity (Wildman–Crippen MR) is 78.3 cm³/mol. The molecular weight excluding hydrogens is 236 g/mol. The quantitative estimate of drug-likeness (QED) is 0.732. The van der Waals surface area contributed by atoms with Crippen molar-refractivity contribution < 1.29 is 4.74 Å². The van der Waals surface area contributed by atoms with Crippen LogP contribution in [0.5, 0.6) is 0 Å². The van der Waals surface area contributed by atoms with Crippen LogP contribution in [0.1, 0.15) is 38.2 Å². The Kier molecular flexibility index (Phi) is 5.34. The van der Waals surface area contributed by atoms with E-state index in [1.807, 2.05) is 12.4 Å². The van der Waals surface area contributed by atoms with E-state index in [-0.39, 0.29) is 0 Å². The largest absolute Gasteiger partial charge is 0.383 e. The number of methoxy groups -OCH3 is 1. The first-order chi connectivity index (χ1) is 9.30. The summed E-state index contributed by atoms with van der Waals surface area (Å²) in [6.45, 7) is 5.05. The van der Waals surface area contributed by atoms with Crippen molar-refractivity contribution in [3.8, 4) is 0 Å². The summed E-state index contributed by atoms with van der Waals surface area (Å²) in [5.41, 5.74) is 1.77. The van der Waals surface area contributed by atoms with Gasteiger partial charge in [0, 0.05) is 38.0 Å². The number of nitrogens with zero attached hydrogens (tertiary/aromatic N) is 1. The Morgan fingerprint density at radius 2 is 2.11 bits per heavy atom. The molecule has 3 heteroatoms. The van der Waals surface area contributed by atoms with Crippen LogP contribution in [0.4, 0.5) is 0 Å². The van der Waals surface area contributed by atoms with E-state index in [1.54, 1.807) is 7.11 Å². The zero-order valence-electron chi connectivity index (χ0n) is 12.2. The zero-order chi connectivity index (χ0) is 13.6. The van der Waals surface area contributed by atoms with Crippen LogP contribution >= 0.6 is 0 Å². The van der Waals surface area contributed by atoms with Gasteiger partial charge in [0.25, 0.3) is 0 Å². The minimum absolute atomic E-state index is 0.330. The summed E-state index contributed by atoms with van der Waals surface area (Å²) in [5.74, 6) is 0.905. The van der Waals surface area contributed by atoms with E-state index >= 15 is 0 Å². The third kappa shape index (κ3) is 3.54. The molecule has 1 heterocycles. The topological polar surface area (TPSA) is 34.1 Å². The number of rotatable bonds is 8. The van der Waals surface area contributed by atoms with Gasteiger partial charge in [-0.25, -0.2) is 0 Å². The molecule has 0 amide bonds. The molecule has 0 aromatic carbocycles. The molecule has 0 saturated heterocycles. The van der Waals surface area contributed by atoms with E-state index in [1.165, 1.54) is 31.2 Å². The van der Waals surface area contributed by atoms with Crippen molar-refractivity contribution in [2.75, 3.05) is 26.8 Å². The number of hydrogen-bond donors (Lipinski definition) is 1. The summed E-state index contributed by atoms with van der Waals surface area (Å²) >= 11 is 0. The monoisotopic (exact) mass is 262 g/mol. The molecule has 2 rings (SSSR count). The second kappa shape index (κ2) is 7.01. The van der Waals surface area contributed by atoms with E-state index in [9.17, 15) is 0 Å². The molecule has 1 aromatic heterocycles. The Labute approximate surface area is 116 Å². The number of aromatic nitrogens is 1. The van der Waals surface area contributed by atoms with Crippen LogP contribution in [0.2, 0.25) is 0 Å². The molecule has 1 aliphatic carbocycles. The molecule has 106 valence electrons. The maximum atomic E-state index is 5.10. The molecule has 0 atom stereocenters. The van der Waals surface area contributed by atoms with Crippen molar-refractivity contribution in [1.82, 2.24) is 10.3 Å². The summed E-state index contributed by atoms with van der Waals surface area (Å²) in [5, 5.41) is 3.54. The van der Waals surface area contributed by atoms with Gasteiger partial charge in [0.05, 0.1) is 6.61 Å². The maximum absolute atomic E-state index is 5.10.